The Morgan fingerprint density at radius 2 is 1.77 bits per heavy atom. The van der Waals surface area contributed by atoms with Crippen molar-refractivity contribution >= 4 is 5.91 Å². The second-order valence-electron chi connectivity index (χ2n) is 8.05. The third-order valence-corrected chi connectivity index (χ3v) is 6.05. The maximum atomic E-state index is 12.8. The van der Waals surface area contributed by atoms with Crippen molar-refractivity contribution < 1.29 is 4.79 Å². The minimum Gasteiger partial charge on any atom is -0.342 e. The van der Waals surface area contributed by atoms with Crippen LogP contribution in [0.2, 0.25) is 0 Å². The van der Waals surface area contributed by atoms with Crippen LogP contribution in [0.3, 0.4) is 0 Å². The van der Waals surface area contributed by atoms with Crippen molar-refractivity contribution in [2.24, 2.45) is 0 Å². The quantitative estimate of drug-likeness (QED) is 0.808. The molecule has 6 nitrogen and oxygen atoms in total. The molecule has 0 N–H and O–H groups in total. The second-order valence-corrected chi connectivity index (χ2v) is 8.05. The molecular weight excluding hydrogens is 328 g/mol. The molecule has 1 aliphatic carbocycles. The van der Waals surface area contributed by atoms with Crippen molar-refractivity contribution in [3.63, 3.8) is 0 Å². The van der Waals surface area contributed by atoms with Crippen LogP contribution in [-0.4, -0.2) is 57.7 Å². The molecule has 0 atom stereocenters. The number of nitrogens with zero attached hydrogens (tertiary/aromatic N) is 4. The van der Waals surface area contributed by atoms with Gasteiger partial charge in [0.25, 0.3) is 5.56 Å². The van der Waals surface area contributed by atoms with Crippen LogP contribution < -0.4 is 5.56 Å². The third-order valence-electron chi connectivity index (χ3n) is 6.05. The van der Waals surface area contributed by atoms with Gasteiger partial charge in [0.15, 0.2) is 0 Å². The number of rotatable bonds is 5. The second kappa shape index (κ2) is 8.33. The highest BCUT2D eigenvalue weighted by Gasteiger charge is 2.39. The summed E-state index contributed by atoms with van der Waals surface area (Å²) in [5.41, 5.74) is 0.645. The predicted octanol–water partition coefficient (Wildman–Crippen LogP) is 2.20. The van der Waals surface area contributed by atoms with Crippen molar-refractivity contribution in [2.75, 3.05) is 26.7 Å². The van der Waals surface area contributed by atoms with Gasteiger partial charge >= 0.3 is 0 Å². The molecule has 1 aromatic rings. The van der Waals surface area contributed by atoms with Gasteiger partial charge in [0.05, 0.1) is 5.69 Å². The van der Waals surface area contributed by atoms with Gasteiger partial charge < -0.3 is 4.90 Å². The van der Waals surface area contributed by atoms with Crippen LogP contribution in [0.15, 0.2) is 16.9 Å². The molecule has 1 amide bonds. The van der Waals surface area contributed by atoms with E-state index >= 15 is 0 Å². The molecule has 1 saturated carbocycles. The molecule has 144 valence electrons. The van der Waals surface area contributed by atoms with Gasteiger partial charge in [-0.3, -0.25) is 14.5 Å². The van der Waals surface area contributed by atoms with Crippen LogP contribution in [0, 0.1) is 6.92 Å². The number of hydrogen-bond donors (Lipinski definition) is 0. The van der Waals surface area contributed by atoms with E-state index in [9.17, 15) is 9.59 Å². The summed E-state index contributed by atoms with van der Waals surface area (Å²) < 4.78 is 1.28. The zero-order valence-corrected chi connectivity index (χ0v) is 16.2. The maximum absolute atomic E-state index is 12.8. The largest absolute Gasteiger partial charge is 0.342 e. The van der Waals surface area contributed by atoms with Crippen molar-refractivity contribution in [1.82, 2.24) is 19.6 Å². The number of likely N-dealkylation sites (N-methyl/N-ethyl adjacent to an activating group) is 1. The number of amides is 1. The Balaban J connectivity index is 1.70. The molecule has 26 heavy (non-hydrogen) atoms. The number of hydrogen-bond acceptors (Lipinski definition) is 4. The average Bonchev–Trinajstić information content (AvgIpc) is 2.66. The molecule has 0 aromatic carbocycles. The molecule has 6 heteroatoms. The summed E-state index contributed by atoms with van der Waals surface area (Å²) >= 11 is 0. The number of carbonyl (C=O) groups excluding carboxylic acids is 1. The molecule has 0 radical (unpaired) electrons. The SMILES string of the molecule is Cc1ccc(=O)n(CC(=O)N(C)CC2(N3CCCCC3)CCCCC2)n1. The van der Waals surface area contributed by atoms with Crippen molar-refractivity contribution in [1.29, 1.82) is 0 Å². The summed E-state index contributed by atoms with van der Waals surface area (Å²) in [6.45, 7) is 4.92. The molecule has 0 bridgehead atoms. The van der Waals surface area contributed by atoms with Crippen molar-refractivity contribution in [2.45, 2.75) is 70.4 Å². The van der Waals surface area contributed by atoms with E-state index in [0.29, 0.717) is 0 Å². The Morgan fingerprint density at radius 3 is 2.46 bits per heavy atom. The summed E-state index contributed by atoms with van der Waals surface area (Å²) in [5.74, 6) is -0.0350. The fourth-order valence-electron chi connectivity index (χ4n) is 4.60. The smallest absolute Gasteiger partial charge is 0.267 e. The Kier molecular flexibility index (Phi) is 6.12. The van der Waals surface area contributed by atoms with Crippen LogP contribution in [0.5, 0.6) is 0 Å². The van der Waals surface area contributed by atoms with Crippen LogP contribution >= 0.6 is 0 Å². The molecule has 0 unspecified atom stereocenters. The van der Waals surface area contributed by atoms with E-state index < -0.39 is 0 Å². The average molecular weight is 361 g/mol. The van der Waals surface area contributed by atoms with Crippen LogP contribution in [-0.2, 0) is 11.3 Å². The first kappa shape index (κ1) is 19.1. The van der Waals surface area contributed by atoms with Gasteiger partial charge in [-0.1, -0.05) is 25.7 Å². The predicted molar refractivity (Wildman–Crippen MR) is 102 cm³/mol. The van der Waals surface area contributed by atoms with Crippen molar-refractivity contribution in [3.8, 4) is 0 Å². The Morgan fingerprint density at radius 1 is 1.12 bits per heavy atom. The highest BCUT2D eigenvalue weighted by Crippen LogP contribution is 2.36. The van der Waals surface area contributed by atoms with Gasteiger partial charge in [-0.05, 0) is 51.8 Å². The number of likely N-dealkylation sites (tertiary alicyclic amines) is 1. The van der Waals surface area contributed by atoms with E-state index in [2.05, 4.69) is 10.00 Å². The molecule has 3 rings (SSSR count). The zero-order valence-electron chi connectivity index (χ0n) is 16.2. The van der Waals surface area contributed by atoms with E-state index in [1.165, 1.54) is 62.1 Å². The lowest BCUT2D eigenvalue weighted by molar-refractivity contribution is -0.133. The minimum atomic E-state index is -0.222. The molecule has 0 spiro atoms. The van der Waals surface area contributed by atoms with Gasteiger partial charge in [-0.25, -0.2) is 4.68 Å². The summed E-state index contributed by atoms with van der Waals surface area (Å²) in [6.07, 6.45) is 10.00. The highest BCUT2D eigenvalue weighted by molar-refractivity contribution is 5.75. The van der Waals surface area contributed by atoms with Gasteiger partial charge in [0.2, 0.25) is 5.91 Å². The number of aryl methyl sites for hydroxylation is 1. The van der Waals surface area contributed by atoms with Crippen molar-refractivity contribution in [3.05, 3.63) is 28.2 Å². The molecule has 2 fully saturated rings. The first-order chi connectivity index (χ1) is 12.5. The fraction of sp³-hybridized carbons (Fsp3) is 0.750. The van der Waals surface area contributed by atoms with Crippen LogP contribution in [0.4, 0.5) is 0 Å². The Bertz CT molecular complexity index is 673. The first-order valence-electron chi connectivity index (χ1n) is 10.0. The molecular formula is C20H32N4O2. The lowest BCUT2D eigenvalue weighted by Gasteiger charge is -2.49. The van der Waals surface area contributed by atoms with Gasteiger partial charge in [0, 0.05) is 25.2 Å². The number of aromatic nitrogens is 2. The molecule has 1 saturated heterocycles. The lowest BCUT2D eigenvalue weighted by atomic mass is 9.78. The fourth-order valence-corrected chi connectivity index (χ4v) is 4.60. The zero-order chi connectivity index (χ0) is 18.6. The van der Waals surface area contributed by atoms with Gasteiger partial charge in [-0.2, -0.15) is 5.10 Å². The lowest BCUT2D eigenvalue weighted by Crippen LogP contribution is -2.58. The Hall–Kier alpha value is -1.69. The summed E-state index contributed by atoms with van der Waals surface area (Å²) in [4.78, 5) is 29.2. The normalized spacial score (nSPS) is 20.7. The van der Waals surface area contributed by atoms with E-state index in [1.54, 1.807) is 6.07 Å². The molecule has 1 aliphatic heterocycles. The van der Waals surface area contributed by atoms with Crippen LogP contribution in [0.25, 0.3) is 0 Å². The van der Waals surface area contributed by atoms with E-state index in [1.807, 2.05) is 18.9 Å². The summed E-state index contributed by atoms with van der Waals surface area (Å²) in [6, 6.07) is 3.16. The highest BCUT2D eigenvalue weighted by atomic mass is 16.2. The summed E-state index contributed by atoms with van der Waals surface area (Å²) in [7, 11) is 1.88. The summed E-state index contributed by atoms with van der Waals surface area (Å²) in [5, 5.41) is 4.20. The third kappa shape index (κ3) is 4.34. The van der Waals surface area contributed by atoms with E-state index in [-0.39, 0.29) is 23.6 Å². The van der Waals surface area contributed by atoms with Gasteiger partial charge in [-0.15, -0.1) is 0 Å². The van der Waals surface area contributed by atoms with E-state index in [0.717, 1.165) is 25.3 Å². The standard InChI is InChI=1S/C20H32N4O2/c1-17-9-10-18(25)24(21-17)15-19(26)22(2)16-20(11-5-3-6-12-20)23-13-7-4-8-14-23/h9-10H,3-8,11-16H2,1-2H3. The minimum absolute atomic E-state index is 0.0209. The molecule has 2 heterocycles. The Labute approximate surface area is 156 Å². The molecule has 1 aromatic heterocycles. The maximum Gasteiger partial charge on any atom is 0.267 e. The van der Waals surface area contributed by atoms with Gasteiger partial charge in [0.1, 0.15) is 6.54 Å². The van der Waals surface area contributed by atoms with E-state index in [4.69, 9.17) is 0 Å². The monoisotopic (exact) mass is 360 g/mol. The molecule has 2 aliphatic rings. The van der Waals surface area contributed by atoms with Crippen LogP contribution in [0.1, 0.15) is 57.1 Å². The topological polar surface area (TPSA) is 58.4 Å². The first-order valence-corrected chi connectivity index (χ1v) is 10.0. The number of carbonyl (C=O) groups is 1. The number of piperidine rings is 1.